The van der Waals surface area contributed by atoms with Crippen molar-refractivity contribution < 1.29 is 19.1 Å². The van der Waals surface area contributed by atoms with Gasteiger partial charge >= 0.3 is 176 Å². The van der Waals surface area contributed by atoms with Crippen LogP contribution in [-0.2, 0) is 23.4 Å². The third kappa shape index (κ3) is 2.38. The number of rotatable bonds is 4. The molecule has 4 aliphatic rings. The SMILES string of the molecule is CCOC(=O)C1=C(C(=O)OCC)C2=CC3c4ccccc4C2([Se]1)c1ccccc13. The molecule has 1 heterocycles. The maximum absolute atomic E-state index is 13.0. The Morgan fingerprint density at radius 1 is 0.897 bits per heavy atom. The summed E-state index contributed by atoms with van der Waals surface area (Å²) in [5.41, 5.74) is 6.24. The zero-order chi connectivity index (χ0) is 20.2. The molecule has 29 heavy (non-hydrogen) atoms. The van der Waals surface area contributed by atoms with E-state index in [1.807, 2.05) is 12.1 Å². The summed E-state index contributed by atoms with van der Waals surface area (Å²) in [6.07, 6.45) is 2.17. The molecule has 146 valence electrons. The van der Waals surface area contributed by atoms with E-state index in [1.165, 1.54) is 22.3 Å². The quantitative estimate of drug-likeness (QED) is 0.528. The first-order valence-electron chi connectivity index (χ1n) is 9.82. The molecule has 0 saturated carbocycles. The summed E-state index contributed by atoms with van der Waals surface area (Å²) in [5, 5.41) is 0. The van der Waals surface area contributed by atoms with Gasteiger partial charge in [0.1, 0.15) is 0 Å². The first-order valence-corrected chi connectivity index (χ1v) is 11.5. The molecular weight excluding hydrogens is 431 g/mol. The molecule has 6 rings (SSSR count). The van der Waals surface area contributed by atoms with Crippen LogP contribution in [0.5, 0.6) is 0 Å². The summed E-state index contributed by atoms with van der Waals surface area (Å²) >= 11 is -0.342. The van der Waals surface area contributed by atoms with Crippen molar-refractivity contribution in [2.75, 3.05) is 13.2 Å². The Balaban J connectivity index is 1.79. The fraction of sp³-hybridized carbons (Fsp3) is 0.250. The Labute approximate surface area is 175 Å². The van der Waals surface area contributed by atoms with Gasteiger partial charge in [-0.1, -0.05) is 0 Å². The van der Waals surface area contributed by atoms with E-state index in [0.29, 0.717) is 10.0 Å². The molecule has 0 unspecified atom stereocenters. The second-order valence-corrected chi connectivity index (χ2v) is 9.73. The normalized spacial score (nSPS) is 23.1. The van der Waals surface area contributed by atoms with Crippen molar-refractivity contribution >= 4 is 26.9 Å². The first kappa shape index (κ1) is 18.4. The van der Waals surface area contributed by atoms with Crippen LogP contribution in [0.25, 0.3) is 0 Å². The molecular formula is C24H20O4Se. The van der Waals surface area contributed by atoms with E-state index in [2.05, 4.69) is 42.5 Å². The summed E-state index contributed by atoms with van der Waals surface area (Å²) < 4.78 is 10.7. The molecule has 1 aliphatic heterocycles. The van der Waals surface area contributed by atoms with Gasteiger partial charge in [-0.25, -0.2) is 0 Å². The Morgan fingerprint density at radius 3 is 2.03 bits per heavy atom. The van der Waals surface area contributed by atoms with Crippen LogP contribution >= 0.6 is 0 Å². The van der Waals surface area contributed by atoms with Crippen molar-refractivity contribution in [3.05, 3.63) is 92.5 Å². The van der Waals surface area contributed by atoms with Crippen LogP contribution in [0.2, 0.25) is 0 Å². The number of esters is 2. The van der Waals surface area contributed by atoms with Gasteiger partial charge in [0.2, 0.25) is 0 Å². The number of carbonyl (C=O) groups is 2. The molecule has 2 bridgehead atoms. The second-order valence-electron chi connectivity index (χ2n) is 7.16. The van der Waals surface area contributed by atoms with Crippen LogP contribution in [0, 0.1) is 0 Å². The van der Waals surface area contributed by atoms with Crippen LogP contribution in [0.1, 0.15) is 42.0 Å². The van der Waals surface area contributed by atoms with E-state index in [1.54, 1.807) is 13.8 Å². The molecule has 0 saturated heterocycles. The monoisotopic (exact) mass is 452 g/mol. The molecule has 2 aromatic carbocycles. The van der Waals surface area contributed by atoms with Gasteiger partial charge in [0.15, 0.2) is 0 Å². The van der Waals surface area contributed by atoms with Gasteiger partial charge in [0.25, 0.3) is 0 Å². The number of carbonyl (C=O) groups excluding carboxylic acids is 2. The van der Waals surface area contributed by atoms with Crippen molar-refractivity contribution in [2.24, 2.45) is 0 Å². The van der Waals surface area contributed by atoms with Gasteiger partial charge < -0.3 is 0 Å². The molecule has 1 spiro atoms. The van der Waals surface area contributed by atoms with E-state index in [0.717, 1.165) is 5.57 Å². The molecule has 0 fully saturated rings. The van der Waals surface area contributed by atoms with Gasteiger partial charge in [-0.05, 0) is 0 Å². The summed E-state index contributed by atoms with van der Waals surface area (Å²) in [6.45, 7) is 4.11. The summed E-state index contributed by atoms with van der Waals surface area (Å²) in [6, 6.07) is 16.8. The van der Waals surface area contributed by atoms with Gasteiger partial charge in [0.05, 0.1) is 0 Å². The number of benzene rings is 2. The third-order valence-corrected chi connectivity index (χ3v) is 8.99. The molecule has 0 N–H and O–H groups in total. The van der Waals surface area contributed by atoms with Crippen LogP contribution in [0.3, 0.4) is 0 Å². The van der Waals surface area contributed by atoms with Crippen LogP contribution in [0.4, 0.5) is 0 Å². The minimum absolute atomic E-state index is 0.0704. The Bertz CT molecular complexity index is 1060. The Morgan fingerprint density at radius 2 is 1.45 bits per heavy atom. The Kier molecular flexibility index (Phi) is 4.27. The van der Waals surface area contributed by atoms with Crippen molar-refractivity contribution in [1.82, 2.24) is 0 Å². The topological polar surface area (TPSA) is 52.6 Å². The first-order chi connectivity index (χ1) is 14.1. The molecule has 0 amide bonds. The fourth-order valence-corrected chi connectivity index (χ4v) is 8.13. The van der Waals surface area contributed by atoms with E-state index < -0.39 is 16.3 Å². The minimum atomic E-state index is -0.487. The van der Waals surface area contributed by atoms with Crippen molar-refractivity contribution in [3.8, 4) is 0 Å². The third-order valence-electron chi connectivity index (χ3n) is 5.75. The van der Waals surface area contributed by atoms with Gasteiger partial charge in [-0.3, -0.25) is 0 Å². The van der Waals surface area contributed by atoms with Gasteiger partial charge in [-0.15, -0.1) is 0 Å². The zero-order valence-corrected chi connectivity index (χ0v) is 17.9. The number of ether oxygens (including phenoxy) is 2. The second kappa shape index (κ2) is 6.72. The van der Waals surface area contributed by atoms with Crippen LogP contribution in [-0.4, -0.2) is 40.1 Å². The van der Waals surface area contributed by atoms with E-state index >= 15 is 0 Å². The van der Waals surface area contributed by atoms with Crippen LogP contribution < -0.4 is 0 Å². The van der Waals surface area contributed by atoms with Crippen molar-refractivity contribution in [2.45, 2.75) is 24.1 Å². The van der Waals surface area contributed by atoms with Gasteiger partial charge in [-0.2, -0.15) is 0 Å². The predicted octanol–water partition coefficient (Wildman–Crippen LogP) is 3.41. The molecule has 0 aromatic heterocycles. The average molecular weight is 451 g/mol. The molecule has 2 aromatic rings. The number of allylic oxidation sites excluding steroid dienone is 1. The van der Waals surface area contributed by atoms with E-state index in [9.17, 15) is 9.59 Å². The zero-order valence-electron chi connectivity index (χ0n) is 16.2. The predicted molar refractivity (Wildman–Crippen MR) is 110 cm³/mol. The number of hydrogen-bond acceptors (Lipinski definition) is 4. The molecule has 0 radical (unpaired) electrons. The summed E-state index contributed by atoms with van der Waals surface area (Å²) in [5.74, 6) is -0.761. The van der Waals surface area contributed by atoms with Gasteiger partial charge in [0, 0.05) is 0 Å². The molecule has 5 heteroatoms. The molecule has 4 nitrogen and oxygen atoms in total. The van der Waals surface area contributed by atoms with E-state index in [-0.39, 0.29) is 34.1 Å². The van der Waals surface area contributed by atoms with Crippen LogP contribution in [0.15, 0.2) is 70.2 Å². The van der Waals surface area contributed by atoms with Crippen molar-refractivity contribution in [1.29, 1.82) is 0 Å². The molecule has 3 aliphatic carbocycles. The summed E-state index contributed by atoms with van der Waals surface area (Å²) in [4.78, 5) is 25.9. The Hall–Kier alpha value is -2.62. The standard InChI is InChI=1S/C24H20O4Se/c1-3-27-22(25)20-19-13-16-14-9-5-7-11-17(14)24(19,18-12-8-6-10-15(16)18)29-21(20)23(26)28-4-2/h5-13,16H,3-4H2,1-2H3. The molecule has 0 atom stereocenters. The average Bonchev–Trinajstić information content (AvgIpc) is 3.11. The van der Waals surface area contributed by atoms with E-state index in [4.69, 9.17) is 9.47 Å². The summed E-state index contributed by atoms with van der Waals surface area (Å²) in [7, 11) is 0. The number of hydrogen-bond donors (Lipinski definition) is 0. The van der Waals surface area contributed by atoms with Crippen molar-refractivity contribution in [3.63, 3.8) is 0 Å². The fourth-order valence-electron chi connectivity index (χ4n) is 4.74. The maximum atomic E-state index is 13.0.